The minimum Gasteiger partial charge on any atom is -0.308 e. The zero-order chi connectivity index (χ0) is 17.1. The number of nitrogens with one attached hydrogen (secondary N) is 1. The molecular weight excluding hydrogens is 302 g/mol. The highest BCUT2D eigenvalue weighted by molar-refractivity contribution is 5.92. The van der Waals surface area contributed by atoms with E-state index >= 15 is 0 Å². The monoisotopic (exact) mass is 323 g/mol. The molecule has 1 fully saturated rings. The zero-order valence-electron chi connectivity index (χ0n) is 13.9. The number of hydrogen-bond donors (Lipinski definition) is 1. The van der Waals surface area contributed by atoms with Gasteiger partial charge in [-0.1, -0.05) is 18.2 Å². The smallest absolute Gasteiger partial charge is 0.239 e. The molecule has 0 aliphatic heterocycles. The van der Waals surface area contributed by atoms with E-state index in [0.29, 0.717) is 29.9 Å². The Morgan fingerprint density at radius 2 is 2.17 bits per heavy atom. The van der Waals surface area contributed by atoms with Crippen LogP contribution in [0.25, 0.3) is 5.69 Å². The molecule has 0 saturated heterocycles. The van der Waals surface area contributed by atoms with Gasteiger partial charge in [-0.3, -0.25) is 9.69 Å². The molecule has 0 radical (unpaired) electrons. The fourth-order valence-electron chi connectivity index (χ4n) is 2.80. The van der Waals surface area contributed by atoms with Crippen molar-refractivity contribution in [1.29, 1.82) is 5.26 Å². The van der Waals surface area contributed by atoms with Gasteiger partial charge in [0.1, 0.15) is 11.6 Å². The van der Waals surface area contributed by atoms with Crippen molar-refractivity contribution in [2.24, 2.45) is 5.92 Å². The highest BCUT2D eigenvalue weighted by Gasteiger charge is 2.31. The molecule has 6 nitrogen and oxygen atoms in total. The molecule has 6 heteroatoms. The van der Waals surface area contributed by atoms with Crippen LogP contribution in [0.3, 0.4) is 0 Å². The van der Waals surface area contributed by atoms with Gasteiger partial charge in [0.15, 0.2) is 5.82 Å². The van der Waals surface area contributed by atoms with Gasteiger partial charge in [0.25, 0.3) is 0 Å². The number of carbonyl (C=O) groups excluding carboxylic acids is 1. The number of carbonyl (C=O) groups is 1. The quantitative estimate of drug-likeness (QED) is 0.886. The molecule has 24 heavy (non-hydrogen) atoms. The summed E-state index contributed by atoms with van der Waals surface area (Å²) in [6.45, 7) is 2.45. The second-order valence-electron chi connectivity index (χ2n) is 6.31. The van der Waals surface area contributed by atoms with Crippen LogP contribution in [0.2, 0.25) is 0 Å². The fraction of sp³-hybridized carbons (Fsp3) is 0.389. The highest BCUT2D eigenvalue weighted by Crippen LogP contribution is 2.34. The lowest BCUT2D eigenvalue weighted by Crippen LogP contribution is -2.37. The fourth-order valence-corrected chi connectivity index (χ4v) is 2.80. The van der Waals surface area contributed by atoms with Crippen LogP contribution in [0.15, 0.2) is 36.5 Å². The Hall–Kier alpha value is -2.65. The van der Waals surface area contributed by atoms with Gasteiger partial charge in [-0.2, -0.15) is 10.4 Å². The Kier molecular flexibility index (Phi) is 4.63. The Morgan fingerprint density at radius 3 is 2.79 bits per heavy atom. The molecule has 1 aromatic carbocycles. The number of rotatable bonds is 6. The molecule has 1 aliphatic carbocycles. The molecule has 1 heterocycles. The molecule has 2 aromatic rings. The van der Waals surface area contributed by atoms with Gasteiger partial charge in [0.05, 0.1) is 18.4 Å². The number of anilines is 1. The van der Waals surface area contributed by atoms with E-state index in [-0.39, 0.29) is 5.91 Å². The predicted molar refractivity (Wildman–Crippen MR) is 91.7 cm³/mol. The second kappa shape index (κ2) is 6.85. The molecule has 0 spiro atoms. The van der Waals surface area contributed by atoms with Crippen molar-refractivity contribution >= 4 is 11.7 Å². The minimum absolute atomic E-state index is 0.140. The summed E-state index contributed by atoms with van der Waals surface area (Å²) >= 11 is 0. The number of benzene rings is 1. The second-order valence-corrected chi connectivity index (χ2v) is 6.31. The van der Waals surface area contributed by atoms with Crippen molar-refractivity contribution in [2.75, 3.05) is 18.9 Å². The summed E-state index contributed by atoms with van der Waals surface area (Å²) in [4.78, 5) is 14.5. The van der Waals surface area contributed by atoms with E-state index in [1.54, 1.807) is 4.68 Å². The van der Waals surface area contributed by atoms with Crippen LogP contribution in [0.4, 0.5) is 5.82 Å². The van der Waals surface area contributed by atoms with Gasteiger partial charge < -0.3 is 5.32 Å². The van der Waals surface area contributed by atoms with Crippen LogP contribution in [-0.4, -0.2) is 40.2 Å². The van der Waals surface area contributed by atoms with Crippen molar-refractivity contribution in [3.8, 4) is 11.8 Å². The summed E-state index contributed by atoms with van der Waals surface area (Å²) in [6, 6.07) is 11.9. The average Bonchev–Trinajstić information content (AvgIpc) is 3.36. The summed E-state index contributed by atoms with van der Waals surface area (Å²) in [5.74, 6) is 0.979. The summed E-state index contributed by atoms with van der Waals surface area (Å²) in [7, 11) is 1.96. The molecule has 3 rings (SSSR count). The van der Waals surface area contributed by atoms with Gasteiger partial charge in [-0.05, 0) is 44.9 Å². The summed E-state index contributed by atoms with van der Waals surface area (Å²) in [6.07, 6.45) is 3.96. The van der Waals surface area contributed by atoms with Gasteiger partial charge in [-0.25, -0.2) is 4.68 Å². The lowest BCUT2D eigenvalue weighted by atomic mass is 10.2. The predicted octanol–water partition coefficient (Wildman–Crippen LogP) is 2.41. The van der Waals surface area contributed by atoms with Crippen molar-refractivity contribution in [3.63, 3.8) is 0 Å². The zero-order valence-corrected chi connectivity index (χ0v) is 13.9. The summed E-state index contributed by atoms with van der Waals surface area (Å²) in [5.41, 5.74) is 1.15. The molecular formula is C18H21N5O. The average molecular weight is 323 g/mol. The van der Waals surface area contributed by atoms with Crippen LogP contribution < -0.4 is 5.32 Å². The van der Waals surface area contributed by atoms with Crippen molar-refractivity contribution < 1.29 is 4.79 Å². The van der Waals surface area contributed by atoms with Crippen LogP contribution in [0.5, 0.6) is 0 Å². The normalized spacial score (nSPS) is 15.1. The van der Waals surface area contributed by atoms with Crippen molar-refractivity contribution in [3.05, 3.63) is 42.1 Å². The molecule has 124 valence electrons. The number of para-hydroxylation sites is 1. The van der Waals surface area contributed by atoms with Crippen LogP contribution in [0, 0.1) is 17.2 Å². The van der Waals surface area contributed by atoms with Gasteiger partial charge in [0, 0.05) is 6.04 Å². The van der Waals surface area contributed by atoms with Gasteiger partial charge in [-0.15, -0.1) is 0 Å². The molecule has 0 bridgehead atoms. The largest absolute Gasteiger partial charge is 0.308 e. The van der Waals surface area contributed by atoms with Crippen molar-refractivity contribution in [2.45, 2.75) is 25.8 Å². The summed E-state index contributed by atoms with van der Waals surface area (Å²) in [5, 5.41) is 16.4. The number of hydrogen-bond acceptors (Lipinski definition) is 4. The number of nitriles is 1. The number of aromatic nitrogens is 2. The molecule has 1 aromatic heterocycles. The maximum atomic E-state index is 12.4. The topological polar surface area (TPSA) is 74.0 Å². The molecule has 1 amide bonds. The van der Waals surface area contributed by atoms with E-state index in [2.05, 4.69) is 28.3 Å². The van der Waals surface area contributed by atoms with E-state index in [0.717, 1.165) is 5.69 Å². The lowest BCUT2D eigenvalue weighted by molar-refractivity contribution is -0.117. The van der Waals surface area contributed by atoms with E-state index in [4.69, 9.17) is 0 Å². The van der Waals surface area contributed by atoms with Crippen LogP contribution in [-0.2, 0) is 4.79 Å². The van der Waals surface area contributed by atoms with Gasteiger partial charge >= 0.3 is 0 Å². The molecule has 1 atom stereocenters. The minimum atomic E-state index is -0.140. The third-order valence-electron chi connectivity index (χ3n) is 4.54. The first-order chi connectivity index (χ1) is 11.6. The van der Waals surface area contributed by atoms with Crippen molar-refractivity contribution in [1.82, 2.24) is 14.7 Å². The number of nitrogens with zero attached hydrogens (tertiary/aromatic N) is 4. The third kappa shape index (κ3) is 3.47. The summed E-state index contributed by atoms with van der Waals surface area (Å²) < 4.78 is 1.58. The van der Waals surface area contributed by atoms with Crippen LogP contribution in [0.1, 0.15) is 25.3 Å². The molecule has 1 saturated carbocycles. The Bertz CT molecular complexity index is 757. The first-order valence-corrected chi connectivity index (χ1v) is 8.13. The lowest BCUT2D eigenvalue weighted by Gasteiger charge is -2.23. The standard InChI is InChI=1S/C18H21N5O/c1-13(14-8-9-14)22(2)12-17(24)21-18-15(10-19)11-20-23(18)16-6-4-3-5-7-16/h3-7,11,13-14H,8-9,12H2,1-2H3,(H,21,24). The maximum Gasteiger partial charge on any atom is 0.239 e. The van der Waals surface area contributed by atoms with E-state index in [1.807, 2.05) is 37.4 Å². The molecule has 1 unspecified atom stereocenters. The number of likely N-dealkylation sites (N-methyl/N-ethyl adjacent to an activating group) is 1. The highest BCUT2D eigenvalue weighted by atomic mass is 16.2. The Balaban J connectivity index is 1.75. The first-order valence-electron chi connectivity index (χ1n) is 8.13. The molecule has 1 aliphatic rings. The van der Waals surface area contributed by atoms with Crippen LogP contribution >= 0.6 is 0 Å². The van der Waals surface area contributed by atoms with E-state index < -0.39 is 0 Å². The van der Waals surface area contributed by atoms with E-state index in [9.17, 15) is 10.1 Å². The Labute approximate surface area is 141 Å². The van der Waals surface area contributed by atoms with Gasteiger partial charge in [0.2, 0.25) is 5.91 Å². The number of amides is 1. The molecule has 1 N–H and O–H groups in total. The SMILES string of the molecule is CC(C1CC1)N(C)CC(=O)Nc1c(C#N)cnn1-c1ccccc1. The third-order valence-corrected chi connectivity index (χ3v) is 4.54. The first kappa shape index (κ1) is 16.2. The maximum absolute atomic E-state index is 12.4. The van der Waals surface area contributed by atoms with E-state index in [1.165, 1.54) is 19.0 Å². The Morgan fingerprint density at radius 1 is 1.46 bits per heavy atom.